The van der Waals surface area contributed by atoms with Crippen molar-refractivity contribution in [3.05, 3.63) is 21.9 Å². The molecule has 2 heterocycles. The molecule has 6 heteroatoms. The molecular weight excluding hydrogens is 323 g/mol. The number of fused-ring (bicyclic) bond motifs is 3. The average Bonchev–Trinajstić information content (AvgIpc) is 2.62. The lowest BCUT2D eigenvalue weighted by atomic mass is 9.93. The molecule has 0 aliphatic carbocycles. The lowest BCUT2D eigenvalue weighted by Gasteiger charge is -2.48. The fourth-order valence-electron chi connectivity index (χ4n) is 3.51. The summed E-state index contributed by atoms with van der Waals surface area (Å²) in [6.07, 6.45) is 0.245. The third-order valence-corrected chi connectivity index (χ3v) is 5.06. The number of halogens is 2. The maximum Gasteiger partial charge on any atom is 0.149 e. The molecule has 2 N–H and O–H groups in total. The van der Waals surface area contributed by atoms with Crippen LogP contribution in [0.4, 0.5) is 15.8 Å². The Kier molecular flexibility index (Phi) is 3.05. The van der Waals surface area contributed by atoms with Crippen LogP contribution in [-0.4, -0.2) is 29.9 Å². The van der Waals surface area contributed by atoms with Gasteiger partial charge in [0.25, 0.3) is 0 Å². The van der Waals surface area contributed by atoms with Gasteiger partial charge in [-0.1, -0.05) is 15.9 Å². The van der Waals surface area contributed by atoms with E-state index in [-0.39, 0.29) is 23.7 Å². The van der Waals surface area contributed by atoms with Crippen LogP contribution < -0.4 is 15.6 Å². The predicted octanol–water partition coefficient (Wildman–Crippen LogP) is 3.03. The van der Waals surface area contributed by atoms with Gasteiger partial charge in [-0.15, -0.1) is 0 Å². The molecule has 2 aliphatic rings. The fourth-order valence-corrected chi connectivity index (χ4v) is 3.90. The lowest BCUT2D eigenvalue weighted by Crippen LogP contribution is -2.60. The van der Waals surface area contributed by atoms with E-state index in [0.717, 1.165) is 15.7 Å². The summed E-state index contributed by atoms with van der Waals surface area (Å²) in [6.45, 7) is 8.31. The van der Waals surface area contributed by atoms with Gasteiger partial charge in [0.15, 0.2) is 0 Å². The van der Waals surface area contributed by atoms with E-state index in [4.69, 9.17) is 0 Å². The number of hydrazine groups is 1. The normalized spacial score (nSPS) is 28.1. The number of hydrogen-bond donors (Lipinski definition) is 2. The van der Waals surface area contributed by atoms with Gasteiger partial charge >= 0.3 is 0 Å². The summed E-state index contributed by atoms with van der Waals surface area (Å²) in [6, 6.07) is 1.54. The summed E-state index contributed by atoms with van der Waals surface area (Å²) in [5.41, 5.74) is 5.72. The Morgan fingerprint density at radius 2 is 2.05 bits per heavy atom. The largest absolute Gasteiger partial charge is 0.373 e. The zero-order valence-corrected chi connectivity index (χ0v) is 14.0. The van der Waals surface area contributed by atoms with Crippen molar-refractivity contribution in [3.63, 3.8) is 0 Å². The number of anilines is 2. The highest BCUT2D eigenvalue weighted by atomic mass is 79.9. The monoisotopic (exact) mass is 342 g/mol. The topological polar surface area (TPSA) is 30.5 Å². The zero-order valence-electron chi connectivity index (χ0n) is 12.4. The molecule has 2 aliphatic heterocycles. The summed E-state index contributed by atoms with van der Waals surface area (Å²) in [7, 11) is 2.03. The number of benzene rings is 1. The van der Waals surface area contributed by atoms with Crippen LogP contribution in [0, 0.1) is 12.7 Å². The first-order chi connectivity index (χ1) is 9.24. The fraction of sp³-hybridized carbons (Fsp3) is 0.571. The highest BCUT2D eigenvalue weighted by Gasteiger charge is 2.49. The number of likely N-dealkylation sites (N-methyl/N-ethyl adjacent to an activating group) is 1. The van der Waals surface area contributed by atoms with Crippen LogP contribution in [0.2, 0.25) is 0 Å². The second-order valence-corrected chi connectivity index (χ2v) is 7.09. The molecule has 4 nitrogen and oxygen atoms in total. The van der Waals surface area contributed by atoms with E-state index in [0.29, 0.717) is 5.69 Å². The predicted molar refractivity (Wildman–Crippen MR) is 83.2 cm³/mol. The van der Waals surface area contributed by atoms with Gasteiger partial charge in [0.05, 0.1) is 23.1 Å². The molecule has 0 bridgehead atoms. The van der Waals surface area contributed by atoms with Crippen molar-refractivity contribution >= 4 is 27.3 Å². The van der Waals surface area contributed by atoms with Gasteiger partial charge in [-0.25, -0.2) is 14.8 Å². The third kappa shape index (κ3) is 1.78. The smallest absolute Gasteiger partial charge is 0.149 e. The summed E-state index contributed by atoms with van der Waals surface area (Å²) in [5.74, 6) is -0.217. The van der Waals surface area contributed by atoms with Crippen molar-refractivity contribution in [1.82, 2.24) is 10.4 Å². The molecule has 1 aromatic carbocycles. The minimum atomic E-state index is -0.263. The Morgan fingerprint density at radius 3 is 2.70 bits per heavy atom. The molecule has 0 spiro atoms. The Balaban J connectivity index is 2.27. The maximum absolute atomic E-state index is 14.4. The van der Waals surface area contributed by atoms with E-state index in [9.17, 15) is 4.39 Å². The molecule has 3 rings (SSSR count). The SMILES string of the molecule is Cc1c(Br)cc(F)c2c1N1C(C)NN(C)C1C(C)(C)N2. The van der Waals surface area contributed by atoms with Gasteiger partial charge in [-0.2, -0.15) is 0 Å². The lowest BCUT2D eigenvalue weighted by molar-refractivity contribution is 0.177. The Labute approximate surface area is 127 Å². The van der Waals surface area contributed by atoms with Crippen LogP contribution in [0.15, 0.2) is 10.5 Å². The van der Waals surface area contributed by atoms with E-state index in [2.05, 4.69) is 57.4 Å². The van der Waals surface area contributed by atoms with Crippen LogP contribution in [0.1, 0.15) is 26.3 Å². The quantitative estimate of drug-likeness (QED) is 0.758. The summed E-state index contributed by atoms with van der Waals surface area (Å²) in [4.78, 5) is 2.26. The highest BCUT2D eigenvalue weighted by Crippen LogP contribution is 2.47. The van der Waals surface area contributed by atoms with E-state index < -0.39 is 0 Å². The molecule has 1 aromatic rings. The molecule has 0 radical (unpaired) electrons. The molecule has 0 amide bonds. The van der Waals surface area contributed by atoms with Crippen LogP contribution in [-0.2, 0) is 0 Å². The highest BCUT2D eigenvalue weighted by molar-refractivity contribution is 9.10. The van der Waals surface area contributed by atoms with E-state index in [1.165, 1.54) is 6.07 Å². The van der Waals surface area contributed by atoms with Crippen molar-refractivity contribution in [2.75, 3.05) is 17.3 Å². The molecule has 1 fully saturated rings. The van der Waals surface area contributed by atoms with Gasteiger partial charge in [0.1, 0.15) is 12.0 Å². The summed E-state index contributed by atoms with van der Waals surface area (Å²) >= 11 is 3.46. The molecule has 1 saturated heterocycles. The molecule has 2 atom stereocenters. The molecule has 0 aromatic heterocycles. The van der Waals surface area contributed by atoms with Crippen molar-refractivity contribution in [2.24, 2.45) is 0 Å². The minimum Gasteiger partial charge on any atom is -0.373 e. The van der Waals surface area contributed by atoms with Crippen LogP contribution in [0.5, 0.6) is 0 Å². The van der Waals surface area contributed by atoms with Crippen LogP contribution in [0.3, 0.4) is 0 Å². The van der Waals surface area contributed by atoms with Crippen molar-refractivity contribution in [3.8, 4) is 0 Å². The third-order valence-electron chi connectivity index (χ3n) is 4.23. The second kappa shape index (κ2) is 4.32. The first-order valence-electron chi connectivity index (χ1n) is 6.78. The number of nitrogens with one attached hydrogen (secondary N) is 2. The standard InChI is InChI=1S/C14H20BrFN4/c1-7-9(15)6-10(16)11-12(7)20-8(2)18-19(5)13(20)14(3,4)17-11/h6,8,13,17-18H,1-5H3. The van der Waals surface area contributed by atoms with E-state index >= 15 is 0 Å². The van der Waals surface area contributed by atoms with E-state index in [1.54, 1.807) is 0 Å². The molecule has 110 valence electrons. The van der Waals surface area contributed by atoms with E-state index in [1.807, 2.05) is 14.0 Å². The Morgan fingerprint density at radius 1 is 1.40 bits per heavy atom. The van der Waals surface area contributed by atoms with Gasteiger partial charge < -0.3 is 10.2 Å². The molecule has 20 heavy (non-hydrogen) atoms. The van der Waals surface area contributed by atoms with Gasteiger partial charge in [0, 0.05) is 11.5 Å². The summed E-state index contributed by atoms with van der Waals surface area (Å²) < 4.78 is 15.2. The average molecular weight is 343 g/mol. The summed E-state index contributed by atoms with van der Waals surface area (Å²) in [5, 5.41) is 5.47. The first-order valence-corrected chi connectivity index (χ1v) is 7.57. The Bertz CT molecular complexity index is 575. The number of hydrogen-bond acceptors (Lipinski definition) is 4. The van der Waals surface area contributed by atoms with Crippen molar-refractivity contribution < 1.29 is 4.39 Å². The minimum absolute atomic E-state index is 0.123. The maximum atomic E-state index is 14.4. The molecule has 2 unspecified atom stereocenters. The second-order valence-electron chi connectivity index (χ2n) is 6.23. The van der Waals surface area contributed by atoms with Gasteiger partial charge in [-0.05, 0) is 39.3 Å². The van der Waals surface area contributed by atoms with Crippen molar-refractivity contribution in [2.45, 2.75) is 45.6 Å². The number of nitrogens with zero attached hydrogens (tertiary/aromatic N) is 2. The van der Waals surface area contributed by atoms with Crippen LogP contribution in [0.25, 0.3) is 0 Å². The number of rotatable bonds is 0. The van der Waals surface area contributed by atoms with Gasteiger partial charge in [-0.3, -0.25) is 0 Å². The first kappa shape index (κ1) is 14.1. The Hall–Kier alpha value is -0.850. The molecule has 0 saturated carbocycles. The van der Waals surface area contributed by atoms with Crippen LogP contribution >= 0.6 is 15.9 Å². The zero-order chi connectivity index (χ0) is 14.8. The van der Waals surface area contributed by atoms with Crippen molar-refractivity contribution in [1.29, 1.82) is 0 Å². The molecular formula is C14H20BrFN4. The van der Waals surface area contributed by atoms with Gasteiger partial charge in [0.2, 0.25) is 0 Å².